The lowest BCUT2D eigenvalue weighted by molar-refractivity contribution is -0.111. The summed E-state index contributed by atoms with van der Waals surface area (Å²) < 4.78 is 31.4. The largest absolute Gasteiger partial charge is 0.493 e. The van der Waals surface area contributed by atoms with Crippen LogP contribution >= 0.6 is 0 Å². The highest BCUT2D eigenvalue weighted by atomic mass is 28.4. The van der Waals surface area contributed by atoms with E-state index in [-0.39, 0.29) is 40.5 Å². The van der Waals surface area contributed by atoms with Crippen LogP contribution in [0.25, 0.3) is 0 Å². The van der Waals surface area contributed by atoms with Crippen LogP contribution in [0.3, 0.4) is 0 Å². The highest BCUT2D eigenvalue weighted by molar-refractivity contribution is 6.74. The first-order valence-corrected chi connectivity index (χ1v) is 14.6. The molecule has 1 aromatic carbocycles. The Balaban J connectivity index is 1.44. The molecule has 1 saturated carbocycles. The van der Waals surface area contributed by atoms with E-state index in [1.807, 2.05) is 37.4 Å². The molecule has 1 aromatic rings. The molecule has 2 saturated heterocycles. The van der Waals surface area contributed by atoms with Crippen molar-refractivity contribution < 1.29 is 23.4 Å². The second-order valence-electron chi connectivity index (χ2n) is 11.2. The van der Waals surface area contributed by atoms with E-state index in [4.69, 9.17) is 23.4 Å². The second kappa shape index (κ2) is 8.14. The number of methoxy groups -OCH3 is 1. The van der Waals surface area contributed by atoms with Crippen molar-refractivity contribution in [3.05, 3.63) is 30.3 Å². The third kappa shape index (κ3) is 4.47. The minimum atomic E-state index is -1.90. The summed E-state index contributed by atoms with van der Waals surface area (Å²) in [6.45, 7) is 15.2. The number of para-hydroxylation sites is 1. The maximum Gasteiger partial charge on any atom is 0.192 e. The summed E-state index contributed by atoms with van der Waals surface area (Å²) in [6.07, 6.45) is 3.10. The molecule has 31 heavy (non-hydrogen) atoms. The lowest BCUT2D eigenvalue weighted by Gasteiger charge is -2.47. The maximum atomic E-state index is 6.87. The fourth-order valence-electron chi connectivity index (χ4n) is 5.15. The van der Waals surface area contributed by atoms with Gasteiger partial charge in [0.2, 0.25) is 0 Å². The molecule has 2 heterocycles. The summed E-state index contributed by atoms with van der Waals surface area (Å²) in [5, 5.41) is 0.170. The number of hydrogen-bond acceptors (Lipinski definition) is 5. The Bertz CT molecular complexity index is 757. The molecule has 1 aliphatic carbocycles. The van der Waals surface area contributed by atoms with E-state index in [1.54, 1.807) is 0 Å². The van der Waals surface area contributed by atoms with Crippen molar-refractivity contribution in [1.29, 1.82) is 0 Å². The fraction of sp³-hybridized carbons (Fsp3) is 0.760. The molecule has 174 valence electrons. The molecule has 3 aliphatic rings. The van der Waals surface area contributed by atoms with Gasteiger partial charge in [-0.05, 0) is 50.0 Å². The zero-order valence-electron chi connectivity index (χ0n) is 20.3. The lowest BCUT2D eigenvalue weighted by Crippen LogP contribution is -2.58. The summed E-state index contributed by atoms with van der Waals surface area (Å²) >= 11 is 0. The van der Waals surface area contributed by atoms with E-state index in [9.17, 15) is 0 Å². The van der Waals surface area contributed by atoms with E-state index in [1.165, 1.54) is 0 Å². The highest BCUT2D eigenvalue weighted by Crippen LogP contribution is 2.60. The Labute approximate surface area is 188 Å². The van der Waals surface area contributed by atoms with Gasteiger partial charge >= 0.3 is 0 Å². The Hall–Kier alpha value is -0.923. The van der Waals surface area contributed by atoms with E-state index < -0.39 is 8.32 Å². The fourth-order valence-corrected chi connectivity index (χ4v) is 6.51. The molecule has 6 atom stereocenters. The third-order valence-electron chi connectivity index (χ3n) is 8.14. The second-order valence-corrected chi connectivity index (χ2v) is 16.0. The molecule has 2 aliphatic heterocycles. The van der Waals surface area contributed by atoms with E-state index >= 15 is 0 Å². The van der Waals surface area contributed by atoms with Crippen LogP contribution in [0.4, 0.5) is 0 Å². The average molecular weight is 449 g/mol. The smallest absolute Gasteiger partial charge is 0.192 e. The first kappa shape index (κ1) is 23.2. The molecule has 0 N–H and O–H groups in total. The minimum Gasteiger partial charge on any atom is -0.493 e. The Morgan fingerprint density at radius 2 is 1.84 bits per heavy atom. The lowest BCUT2D eigenvalue weighted by atomic mass is 9.68. The van der Waals surface area contributed by atoms with Gasteiger partial charge in [0, 0.05) is 13.5 Å². The monoisotopic (exact) mass is 448 g/mol. The number of rotatable bonds is 8. The van der Waals surface area contributed by atoms with Crippen molar-refractivity contribution in [2.45, 2.75) is 94.6 Å². The van der Waals surface area contributed by atoms with Crippen LogP contribution in [0.15, 0.2) is 30.3 Å². The van der Waals surface area contributed by atoms with Gasteiger partial charge in [0.25, 0.3) is 0 Å². The molecule has 0 radical (unpaired) electrons. The Kier molecular flexibility index (Phi) is 6.10. The minimum absolute atomic E-state index is 0.0181. The quantitative estimate of drug-likeness (QED) is 0.404. The zero-order chi connectivity index (χ0) is 22.5. The van der Waals surface area contributed by atoms with Crippen LogP contribution in [0.2, 0.25) is 18.1 Å². The maximum absolute atomic E-state index is 6.87. The first-order chi connectivity index (χ1) is 14.5. The van der Waals surface area contributed by atoms with Gasteiger partial charge < -0.3 is 23.4 Å². The van der Waals surface area contributed by atoms with Crippen LogP contribution in [0, 0.1) is 5.92 Å². The molecule has 1 spiro atoms. The molecule has 0 aromatic heterocycles. The van der Waals surface area contributed by atoms with Crippen molar-refractivity contribution in [2.75, 3.05) is 20.3 Å². The summed E-state index contributed by atoms with van der Waals surface area (Å²) in [5.74, 6) is 1.08. The molecule has 0 amide bonds. The molecule has 6 heteroatoms. The van der Waals surface area contributed by atoms with Crippen molar-refractivity contribution in [3.8, 4) is 5.75 Å². The Morgan fingerprint density at radius 1 is 1.16 bits per heavy atom. The van der Waals surface area contributed by atoms with Gasteiger partial charge in [-0.2, -0.15) is 0 Å². The van der Waals surface area contributed by atoms with Crippen LogP contribution in [-0.2, 0) is 18.6 Å². The summed E-state index contributed by atoms with van der Waals surface area (Å²) in [7, 11) is -0.0819. The van der Waals surface area contributed by atoms with E-state index in [0.717, 1.165) is 31.6 Å². The van der Waals surface area contributed by atoms with E-state index in [2.05, 4.69) is 40.8 Å². The average Bonchev–Trinajstić information content (AvgIpc) is 3.61. The van der Waals surface area contributed by atoms with Gasteiger partial charge in [0.05, 0.1) is 43.0 Å². The van der Waals surface area contributed by atoms with Gasteiger partial charge in [-0.25, -0.2) is 0 Å². The van der Waals surface area contributed by atoms with Crippen molar-refractivity contribution in [1.82, 2.24) is 0 Å². The third-order valence-corrected chi connectivity index (χ3v) is 12.6. The molecular weight excluding hydrogens is 408 g/mol. The predicted octanol–water partition coefficient (Wildman–Crippen LogP) is 5.20. The predicted molar refractivity (Wildman–Crippen MR) is 124 cm³/mol. The molecular formula is C25H40O5Si. The molecule has 3 fully saturated rings. The first-order valence-electron chi connectivity index (χ1n) is 11.7. The van der Waals surface area contributed by atoms with Gasteiger partial charge in [-0.15, -0.1) is 0 Å². The summed E-state index contributed by atoms with van der Waals surface area (Å²) in [5.41, 5.74) is -0.371. The highest BCUT2D eigenvalue weighted by Gasteiger charge is 2.72. The number of hydrogen-bond donors (Lipinski definition) is 0. The van der Waals surface area contributed by atoms with Crippen LogP contribution in [-0.4, -0.2) is 58.2 Å². The molecule has 1 unspecified atom stereocenters. The Morgan fingerprint density at radius 3 is 2.42 bits per heavy atom. The number of epoxide rings is 2. The van der Waals surface area contributed by atoms with Gasteiger partial charge in [-0.1, -0.05) is 39.0 Å². The van der Waals surface area contributed by atoms with E-state index in [0.29, 0.717) is 6.61 Å². The topological polar surface area (TPSA) is 52.8 Å². The molecule has 0 bridgehead atoms. The normalized spacial score (nSPS) is 37.6. The number of benzene rings is 1. The van der Waals surface area contributed by atoms with Crippen molar-refractivity contribution in [2.24, 2.45) is 5.92 Å². The standard InChI is InChI=1S/C25H40O5Si/c1-23(2,3)31(6,7)30-19-13-15-25(17-28-25)22(21(19)26-5)24(4)20(29-24)14-16-27-18-11-9-8-10-12-18/h8-12,19-22H,13-17H2,1-7H3/t19?,20-,21-,22-,24+,25+/m1/s1. The van der Waals surface area contributed by atoms with Gasteiger partial charge in [-0.3, -0.25) is 0 Å². The van der Waals surface area contributed by atoms with Crippen LogP contribution < -0.4 is 4.74 Å². The summed E-state index contributed by atoms with van der Waals surface area (Å²) in [4.78, 5) is 0. The molecule has 5 nitrogen and oxygen atoms in total. The van der Waals surface area contributed by atoms with Crippen LogP contribution in [0.1, 0.15) is 47.0 Å². The zero-order valence-corrected chi connectivity index (χ0v) is 21.3. The summed E-state index contributed by atoms with van der Waals surface area (Å²) in [6, 6.07) is 9.97. The number of ether oxygens (including phenoxy) is 4. The van der Waals surface area contributed by atoms with Crippen molar-refractivity contribution >= 4 is 8.32 Å². The van der Waals surface area contributed by atoms with Crippen LogP contribution in [0.5, 0.6) is 5.75 Å². The van der Waals surface area contributed by atoms with Gasteiger partial charge in [0.1, 0.15) is 11.4 Å². The van der Waals surface area contributed by atoms with Crippen molar-refractivity contribution in [3.63, 3.8) is 0 Å². The van der Waals surface area contributed by atoms with Gasteiger partial charge in [0.15, 0.2) is 8.32 Å². The molecule has 4 rings (SSSR count). The SMILES string of the molecule is CO[C@@H]1C(O[Si](C)(C)C(C)(C)C)CC[C@]2(CO2)[C@H]1[C@@]1(C)O[C@@H]1CCOc1ccccc1.